The lowest BCUT2D eigenvalue weighted by atomic mass is 9.94. The zero-order valence-corrected chi connectivity index (χ0v) is 20.7. The third-order valence-corrected chi connectivity index (χ3v) is 5.70. The summed E-state index contributed by atoms with van der Waals surface area (Å²) in [6.07, 6.45) is -4.68. The number of ketones is 1. The molecular formula is C27H25ClF3NO5. The minimum atomic E-state index is -4.54. The molecule has 3 aromatic rings. The van der Waals surface area contributed by atoms with Gasteiger partial charge in [-0.2, -0.15) is 13.2 Å². The van der Waals surface area contributed by atoms with Gasteiger partial charge in [0.2, 0.25) is 0 Å². The van der Waals surface area contributed by atoms with Gasteiger partial charge in [0, 0.05) is 30.1 Å². The average Bonchev–Trinajstić information content (AvgIpc) is 2.85. The fourth-order valence-corrected chi connectivity index (χ4v) is 3.77. The number of carbonyl (C=O) groups excluding carboxylic acids is 1. The van der Waals surface area contributed by atoms with E-state index in [9.17, 15) is 22.8 Å². The van der Waals surface area contributed by atoms with Gasteiger partial charge >= 0.3 is 12.1 Å². The number of aliphatic carboxylic acids is 1. The first-order valence-corrected chi connectivity index (χ1v) is 11.6. The number of hydrogen-bond acceptors (Lipinski definition) is 5. The molecule has 0 unspecified atom stereocenters. The predicted octanol–water partition coefficient (Wildman–Crippen LogP) is 5.79. The second kappa shape index (κ2) is 12.6. The summed E-state index contributed by atoms with van der Waals surface area (Å²) in [5.74, 6) is -0.326. The van der Waals surface area contributed by atoms with E-state index in [0.717, 1.165) is 12.1 Å². The highest BCUT2D eigenvalue weighted by Crippen LogP contribution is 2.37. The normalized spacial score (nSPS) is 11.3. The molecule has 0 aliphatic carbocycles. The maximum Gasteiger partial charge on any atom is 0.416 e. The minimum Gasteiger partial charge on any atom is -0.496 e. The van der Waals surface area contributed by atoms with Gasteiger partial charge in [0.1, 0.15) is 18.1 Å². The van der Waals surface area contributed by atoms with E-state index < -0.39 is 17.7 Å². The van der Waals surface area contributed by atoms with Crippen molar-refractivity contribution in [3.05, 3.63) is 82.4 Å². The first-order valence-electron chi connectivity index (χ1n) is 11.3. The van der Waals surface area contributed by atoms with Crippen molar-refractivity contribution < 1.29 is 37.3 Å². The monoisotopic (exact) mass is 535 g/mol. The van der Waals surface area contributed by atoms with E-state index in [4.69, 9.17) is 26.2 Å². The Balaban J connectivity index is 1.73. The number of carboxylic acid groups (broad SMARTS) is 1. The highest BCUT2D eigenvalue weighted by Gasteiger charge is 2.31. The second-order valence-corrected chi connectivity index (χ2v) is 8.62. The quantitative estimate of drug-likeness (QED) is 0.286. The van der Waals surface area contributed by atoms with Crippen LogP contribution in [0.15, 0.2) is 60.7 Å². The Bertz CT molecular complexity index is 1250. The Morgan fingerprint density at radius 3 is 2.38 bits per heavy atom. The van der Waals surface area contributed by atoms with Crippen LogP contribution < -0.4 is 14.8 Å². The van der Waals surface area contributed by atoms with E-state index in [1.807, 2.05) is 0 Å². The number of benzene rings is 3. The molecule has 0 atom stereocenters. The first-order chi connectivity index (χ1) is 17.6. The summed E-state index contributed by atoms with van der Waals surface area (Å²) in [5, 5.41) is 12.7. The van der Waals surface area contributed by atoms with Crippen molar-refractivity contribution in [1.82, 2.24) is 5.32 Å². The van der Waals surface area contributed by atoms with Crippen molar-refractivity contribution in [3.8, 4) is 22.6 Å². The molecule has 3 aromatic carbocycles. The van der Waals surface area contributed by atoms with Crippen LogP contribution in [0.1, 0.15) is 23.1 Å². The average molecular weight is 536 g/mol. The number of hydrogen-bond donors (Lipinski definition) is 2. The number of rotatable bonds is 12. The highest BCUT2D eigenvalue weighted by atomic mass is 35.5. The number of methoxy groups -OCH3 is 1. The van der Waals surface area contributed by atoms with Crippen LogP contribution in [0.4, 0.5) is 13.2 Å². The lowest BCUT2D eigenvalue weighted by Crippen LogP contribution is -2.21. The maximum atomic E-state index is 13.4. The van der Waals surface area contributed by atoms with Crippen LogP contribution in [0.2, 0.25) is 5.02 Å². The Labute approximate surface area is 217 Å². The molecule has 6 nitrogen and oxygen atoms in total. The van der Waals surface area contributed by atoms with Crippen LogP contribution in [-0.4, -0.2) is 37.1 Å². The summed E-state index contributed by atoms with van der Waals surface area (Å²) >= 11 is 5.82. The molecule has 0 saturated carbocycles. The summed E-state index contributed by atoms with van der Waals surface area (Å²) in [6.45, 7) is 0.108. The first kappa shape index (κ1) is 28.0. The van der Waals surface area contributed by atoms with E-state index >= 15 is 0 Å². The number of Topliss-reactive ketones (excluding diaryl/α,β-unsaturated/α-hetero) is 1. The molecule has 0 radical (unpaired) electrons. The number of halogens is 4. The summed E-state index contributed by atoms with van der Waals surface area (Å²) < 4.78 is 51.1. The molecule has 0 aliphatic heterocycles. The number of carbonyl (C=O) groups is 2. The molecule has 0 bridgehead atoms. The van der Waals surface area contributed by atoms with E-state index in [2.05, 4.69) is 5.32 Å². The van der Waals surface area contributed by atoms with Gasteiger partial charge in [-0.3, -0.25) is 9.59 Å². The summed E-state index contributed by atoms with van der Waals surface area (Å²) in [7, 11) is 1.43. The highest BCUT2D eigenvalue weighted by molar-refractivity contribution is 6.30. The third kappa shape index (κ3) is 8.23. The molecule has 3 rings (SSSR count). The van der Waals surface area contributed by atoms with E-state index in [0.29, 0.717) is 38.8 Å². The molecule has 0 spiro atoms. The predicted molar refractivity (Wildman–Crippen MR) is 133 cm³/mol. The van der Waals surface area contributed by atoms with Crippen molar-refractivity contribution >= 4 is 23.4 Å². The zero-order valence-electron chi connectivity index (χ0n) is 19.9. The number of carboxylic acids is 1. The van der Waals surface area contributed by atoms with Crippen molar-refractivity contribution in [2.75, 3.05) is 20.3 Å². The zero-order chi connectivity index (χ0) is 27.0. The molecule has 37 heavy (non-hydrogen) atoms. The van der Waals surface area contributed by atoms with Gasteiger partial charge in [-0.15, -0.1) is 0 Å². The summed E-state index contributed by atoms with van der Waals surface area (Å²) in [5.41, 5.74) is 0.918. The van der Waals surface area contributed by atoms with Crippen LogP contribution >= 0.6 is 11.6 Å². The van der Waals surface area contributed by atoms with Crippen LogP contribution in [0.5, 0.6) is 11.5 Å². The van der Waals surface area contributed by atoms with Crippen molar-refractivity contribution in [1.29, 1.82) is 0 Å². The Morgan fingerprint density at radius 1 is 1.00 bits per heavy atom. The van der Waals surface area contributed by atoms with Gasteiger partial charge < -0.3 is 19.9 Å². The van der Waals surface area contributed by atoms with Gasteiger partial charge in [0.25, 0.3) is 0 Å². The van der Waals surface area contributed by atoms with Gasteiger partial charge in [0.15, 0.2) is 5.78 Å². The molecule has 0 saturated heterocycles. The van der Waals surface area contributed by atoms with Gasteiger partial charge in [-0.25, -0.2) is 0 Å². The summed E-state index contributed by atoms with van der Waals surface area (Å²) in [6, 6.07) is 14.7. The molecule has 0 heterocycles. The smallest absolute Gasteiger partial charge is 0.416 e. The second-order valence-electron chi connectivity index (χ2n) is 8.18. The number of ether oxygens (including phenoxy) is 2. The van der Waals surface area contributed by atoms with E-state index in [-0.39, 0.29) is 38.3 Å². The van der Waals surface area contributed by atoms with Crippen molar-refractivity contribution in [3.63, 3.8) is 0 Å². The molecule has 0 fully saturated rings. The molecule has 0 aromatic heterocycles. The Hall–Kier alpha value is -3.56. The van der Waals surface area contributed by atoms with E-state index in [1.54, 1.807) is 42.5 Å². The van der Waals surface area contributed by atoms with Gasteiger partial charge in [-0.05, 0) is 65.2 Å². The molecule has 0 aliphatic rings. The van der Waals surface area contributed by atoms with Crippen LogP contribution in [0.25, 0.3) is 11.1 Å². The van der Waals surface area contributed by atoms with Gasteiger partial charge in [0.05, 0.1) is 19.1 Å². The number of alkyl halides is 3. The summed E-state index contributed by atoms with van der Waals surface area (Å²) in [4.78, 5) is 23.3. The van der Waals surface area contributed by atoms with Crippen LogP contribution in [-0.2, 0) is 28.7 Å². The number of nitrogens with one attached hydrogen (secondary N) is 1. The minimum absolute atomic E-state index is 0.0386. The molecule has 196 valence electrons. The molecule has 10 heteroatoms. The largest absolute Gasteiger partial charge is 0.496 e. The molecular weight excluding hydrogens is 511 g/mol. The Morgan fingerprint density at radius 2 is 1.73 bits per heavy atom. The molecule has 2 N–H and O–H groups in total. The van der Waals surface area contributed by atoms with Crippen molar-refractivity contribution in [2.24, 2.45) is 0 Å². The lowest BCUT2D eigenvalue weighted by molar-refractivity contribution is -0.138. The lowest BCUT2D eigenvalue weighted by Gasteiger charge is -2.17. The molecule has 0 amide bonds. The fraction of sp³-hybridized carbons (Fsp3) is 0.259. The third-order valence-electron chi connectivity index (χ3n) is 5.45. The van der Waals surface area contributed by atoms with Crippen LogP contribution in [0, 0.1) is 0 Å². The topological polar surface area (TPSA) is 84.9 Å². The van der Waals surface area contributed by atoms with Crippen LogP contribution in [0.3, 0.4) is 0 Å². The van der Waals surface area contributed by atoms with Gasteiger partial charge in [-0.1, -0.05) is 23.7 Å². The SMILES string of the molecule is COc1ccc(CC(=O)O)cc1-c1ccc(C(F)(F)F)cc1CNCCC(=O)COc1ccc(Cl)cc1. The maximum absolute atomic E-state index is 13.4. The van der Waals surface area contributed by atoms with E-state index in [1.165, 1.54) is 13.2 Å². The van der Waals surface area contributed by atoms with Crippen molar-refractivity contribution in [2.45, 2.75) is 25.6 Å². The Kier molecular flexibility index (Phi) is 9.54. The standard InChI is InChI=1S/C27H25ClF3NO5/c1-36-25-9-2-17(13-26(34)35)12-24(25)23-8-3-19(27(29,30)31)14-18(23)15-32-11-10-21(33)16-37-22-6-4-20(28)5-7-22/h2-9,12,14,32H,10-11,13,15-16H2,1H3,(H,34,35). The fourth-order valence-electron chi connectivity index (χ4n) is 3.65.